The van der Waals surface area contributed by atoms with Crippen LogP contribution in [0.5, 0.6) is 0 Å². The normalized spacial score (nSPS) is 12.9. The van der Waals surface area contributed by atoms with Gasteiger partial charge >= 0.3 is 29.0 Å². The van der Waals surface area contributed by atoms with Crippen molar-refractivity contribution < 1.29 is 29.3 Å². The van der Waals surface area contributed by atoms with E-state index in [-0.39, 0.29) is 50.8 Å². The van der Waals surface area contributed by atoms with E-state index in [1.54, 1.807) is 0 Å². The molecule has 0 amide bonds. The summed E-state index contributed by atoms with van der Waals surface area (Å²) in [6.07, 6.45) is 2.99. The van der Waals surface area contributed by atoms with Crippen LogP contribution >= 0.6 is 23.5 Å². The summed E-state index contributed by atoms with van der Waals surface area (Å²) in [6, 6.07) is 0. The number of unbranched alkanes of at least 4 members (excludes halogenated alkanes) is 1. The van der Waals surface area contributed by atoms with Crippen LogP contribution in [0.4, 0.5) is 0 Å². The van der Waals surface area contributed by atoms with Gasteiger partial charge in [-0.15, -0.1) is 23.5 Å². The summed E-state index contributed by atoms with van der Waals surface area (Å²) in [5.41, 5.74) is -2.33. The Balaban J connectivity index is 3.08. The lowest BCUT2D eigenvalue weighted by Crippen LogP contribution is -2.55. The van der Waals surface area contributed by atoms with E-state index in [0.29, 0.717) is 6.42 Å². The number of carboxylic acids is 2. The van der Waals surface area contributed by atoms with E-state index < -0.39 is 39.5 Å². The molecule has 0 saturated heterocycles. The summed E-state index contributed by atoms with van der Waals surface area (Å²) in [4.78, 5) is 72.2. The topological polar surface area (TPSA) is 167 Å². The van der Waals surface area contributed by atoms with Gasteiger partial charge in [0.15, 0.2) is 5.78 Å². The van der Waals surface area contributed by atoms with Gasteiger partial charge in [-0.2, -0.15) is 0 Å². The Kier molecular flexibility index (Phi) is 13.0. The Morgan fingerprint density at radius 2 is 1.38 bits per heavy atom. The molecule has 0 bridgehead atoms. The monoisotopic (exact) mass is 521 g/mol. The van der Waals surface area contributed by atoms with E-state index in [1.165, 1.54) is 13.2 Å². The summed E-state index contributed by atoms with van der Waals surface area (Å²) in [5.74, 6) is -2.52. The predicted octanol–water partition coefficient (Wildman–Crippen LogP) is -0.0299. The van der Waals surface area contributed by atoms with Crippen LogP contribution < -0.4 is 17.1 Å². The maximum absolute atomic E-state index is 12.9. The van der Waals surface area contributed by atoms with Crippen LogP contribution in [0.3, 0.4) is 0 Å². The first kappa shape index (κ1) is 29.7. The lowest BCUT2D eigenvalue weighted by molar-refractivity contribution is -0.142. The number of nitrogens with zero attached hydrogens (tertiary/aromatic N) is 3. The first-order chi connectivity index (χ1) is 16.1. The van der Waals surface area contributed by atoms with Gasteiger partial charge in [-0.05, 0) is 31.8 Å². The van der Waals surface area contributed by atoms with E-state index in [1.807, 2.05) is 6.92 Å². The molecule has 2 atom stereocenters. The molecule has 0 spiro atoms. The minimum absolute atomic E-state index is 0.0673. The van der Waals surface area contributed by atoms with Crippen LogP contribution in [0.1, 0.15) is 33.1 Å². The summed E-state index contributed by atoms with van der Waals surface area (Å²) >= 11 is 1.84. The standard InChI is InChI=1S/C20H31N3O9S2/c1-4-5-7-21-18(29)22(20(31)23(19(21)30)9-10-32-12-13(2)24)8-6-11-34-15(17(27)28)14(33-3)16(25)26/h14-15H,4-12H2,1-3H3,(H,25,26)(H,27,28). The largest absolute Gasteiger partial charge is 0.480 e. The number of ether oxygens (including phenoxy) is 1. The van der Waals surface area contributed by atoms with Crippen molar-refractivity contribution in [2.24, 2.45) is 0 Å². The van der Waals surface area contributed by atoms with Gasteiger partial charge in [-0.25, -0.2) is 28.1 Å². The van der Waals surface area contributed by atoms with Crippen LogP contribution in [0.25, 0.3) is 0 Å². The Bertz CT molecular complexity index is 1030. The minimum Gasteiger partial charge on any atom is -0.480 e. The predicted molar refractivity (Wildman–Crippen MR) is 129 cm³/mol. The molecule has 34 heavy (non-hydrogen) atoms. The number of rotatable bonds is 17. The van der Waals surface area contributed by atoms with Gasteiger partial charge in [0.2, 0.25) is 0 Å². The third kappa shape index (κ3) is 8.47. The molecular formula is C20H31N3O9S2. The molecule has 1 aromatic rings. The first-order valence-corrected chi connectivity index (χ1v) is 13.0. The van der Waals surface area contributed by atoms with Gasteiger partial charge in [0.25, 0.3) is 0 Å². The number of aromatic nitrogens is 3. The van der Waals surface area contributed by atoms with Gasteiger partial charge in [-0.1, -0.05) is 13.3 Å². The van der Waals surface area contributed by atoms with Crippen molar-refractivity contribution in [3.8, 4) is 0 Å². The summed E-state index contributed by atoms with van der Waals surface area (Å²) in [6.45, 7) is 2.93. The van der Waals surface area contributed by atoms with Crippen molar-refractivity contribution >= 4 is 41.2 Å². The number of hydrogen-bond donors (Lipinski definition) is 2. The molecular weight excluding hydrogens is 490 g/mol. The van der Waals surface area contributed by atoms with Crippen LogP contribution in [-0.4, -0.2) is 77.4 Å². The maximum Gasteiger partial charge on any atom is 0.336 e. The fraction of sp³-hybridized carbons (Fsp3) is 0.700. The molecule has 0 aromatic carbocycles. The molecule has 0 saturated carbocycles. The highest BCUT2D eigenvalue weighted by Crippen LogP contribution is 2.24. The zero-order valence-corrected chi connectivity index (χ0v) is 21.1. The van der Waals surface area contributed by atoms with E-state index >= 15 is 0 Å². The van der Waals surface area contributed by atoms with Gasteiger partial charge in [0, 0.05) is 13.1 Å². The van der Waals surface area contributed by atoms with Crippen molar-refractivity contribution in [3.63, 3.8) is 0 Å². The third-order valence-corrected chi connectivity index (χ3v) is 7.24. The molecule has 1 rings (SSSR count). The molecule has 2 N–H and O–H groups in total. The Hall–Kier alpha value is -2.32. The summed E-state index contributed by atoms with van der Waals surface area (Å²) < 4.78 is 7.94. The minimum atomic E-state index is -1.26. The molecule has 1 heterocycles. The van der Waals surface area contributed by atoms with Crippen LogP contribution in [0.2, 0.25) is 0 Å². The molecule has 14 heteroatoms. The number of carboxylic acid groups (broad SMARTS) is 2. The molecule has 192 valence electrons. The smallest absolute Gasteiger partial charge is 0.336 e. The highest BCUT2D eigenvalue weighted by Gasteiger charge is 2.33. The lowest BCUT2D eigenvalue weighted by Gasteiger charge is -2.18. The van der Waals surface area contributed by atoms with Crippen LogP contribution in [0.15, 0.2) is 14.4 Å². The average molecular weight is 522 g/mol. The average Bonchev–Trinajstić information content (AvgIpc) is 2.76. The highest BCUT2D eigenvalue weighted by molar-refractivity contribution is 8.04. The van der Waals surface area contributed by atoms with Crippen molar-refractivity contribution in [3.05, 3.63) is 31.5 Å². The van der Waals surface area contributed by atoms with Gasteiger partial charge < -0.3 is 14.9 Å². The zero-order valence-electron chi connectivity index (χ0n) is 19.4. The number of carbonyl (C=O) groups excluding carboxylic acids is 1. The van der Waals surface area contributed by atoms with E-state index in [9.17, 15) is 39.0 Å². The number of Topliss-reactive ketones (excluding diaryl/α,β-unsaturated/α-hetero) is 1. The maximum atomic E-state index is 12.9. The van der Waals surface area contributed by atoms with Crippen molar-refractivity contribution in [2.75, 3.05) is 25.2 Å². The van der Waals surface area contributed by atoms with E-state index in [4.69, 9.17) is 4.74 Å². The quantitative estimate of drug-likeness (QED) is 0.264. The fourth-order valence-corrected chi connectivity index (χ4v) is 5.14. The number of hydrogen-bond acceptors (Lipinski definition) is 9. The number of ketones is 1. The first-order valence-electron chi connectivity index (χ1n) is 10.7. The molecule has 0 aliphatic rings. The van der Waals surface area contributed by atoms with E-state index in [2.05, 4.69) is 0 Å². The molecule has 0 aliphatic heterocycles. The van der Waals surface area contributed by atoms with Crippen LogP contribution in [0, 0.1) is 0 Å². The van der Waals surface area contributed by atoms with E-state index in [0.717, 1.165) is 43.6 Å². The van der Waals surface area contributed by atoms with Crippen molar-refractivity contribution in [1.82, 2.24) is 13.7 Å². The van der Waals surface area contributed by atoms with Crippen molar-refractivity contribution in [1.29, 1.82) is 0 Å². The SMILES string of the molecule is CCCCn1c(=O)n(CCCSC(C(=O)O)C(SC)C(=O)O)c(=O)n(CCOCC(C)=O)c1=O. The molecule has 12 nitrogen and oxygen atoms in total. The van der Waals surface area contributed by atoms with Gasteiger partial charge in [0.1, 0.15) is 17.1 Å². The van der Waals surface area contributed by atoms with Gasteiger partial charge in [0.05, 0.1) is 13.2 Å². The highest BCUT2D eigenvalue weighted by atomic mass is 32.2. The fourth-order valence-electron chi connectivity index (χ4n) is 3.02. The second kappa shape index (κ2) is 14.8. The second-order valence-corrected chi connectivity index (χ2v) is 9.62. The number of thioether (sulfide) groups is 2. The Labute approximate surface area is 204 Å². The molecule has 1 aromatic heterocycles. The Morgan fingerprint density at radius 1 is 0.882 bits per heavy atom. The molecule has 0 aliphatic carbocycles. The second-order valence-electron chi connectivity index (χ2n) is 7.39. The lowest BCUT2D eigenvalue weighted by atomic mass is 10.3. The molecule has 0 radical (unpaired) electrons. The number of aliphatic carboxylic acids is 2. The number of carbonyl (C=O) groups is 3. The Morgan fingerprint density at radius 3 is 1.82 bits per heavy atom. The summed E-state index contributed by atoms with van der Waals surface area (Å²) in [5, 5.41) is 16.3. The molecule has 2 unspecified atom stereocenters. The third-order valence-electron chi connectivity index (χ3n) is 4.72. The van der Waals surface area contributed by atoms with Crippen molar-refractivity contribution in [2.45, 2.75) is 63.2 Å². The summed E-state index contributed by atoms with van der Waals surface area (Å²) in [7, 11) is 0. The molecule has 0 fully saturated rings. The van der Waals surface area contributed by atoms with Crippen LogP contribution in [-0.2, 0) is 38.8 Å². The zero-order chi connectivity index (χ0) is 25.8. The van der Waals surface area contributed by atoms with Gasteiger partial charge in [-0.3, -0.25) is 14.4 Å².